The number of aliphatic hydroxyl groups is 1. The Balaban J connectivity index is 3.26. The molecule has 0 aromatic heterocycles. The molecule has 0 radical (unpaired) electrons. The molecule has 22 heavy (non-hydrogen) atoms. The minimum absolute atomic E-state index is 0.0708. The fraction of sp³-hybridized carbons (Fsp3) is 0.895. The highest BCUT2D eigenvalue weighted by molar-refractivity contribution is 4.91. The Morgan fingerprint density at radius 2 is 1.41 bits per heavy atom. The van der Waals surface area contributed by atoms with Crippen molar-refractivity contribution in [2.75, 3.05) is 13.7 Å². The third-order valence-corrected chi connectivity index (χ3v) is 4.17. The molecule has 3 heteroatoms. The topological polar surface area (TPSA) is 57.1 Å². The summed E-state index contributed by atoms with van der Waals surface area (Å²) in [5.41, 5.74) is 3.88. The van der Waals surface area contributed by atoms with Crippen LogP contribution < -0.4 is 5.73 Å². The Hall–Kier alpha value is -0.380. The van der Waals surface area contributed by atoms with E-state index in [0.717, 1.165) is 6.42 Å². The highest BCUT2D eigenvalue weighted by Crippen LogP contribution is 2.12. The van der Waals surface area contributed by atoms with Gasteiger partial charge in [0.25, 0.3) is 0 Å². The molecule has 0 fully saturated rings. The smallest absolute Gasteiger partial charge is 0.138 e. The molecule has 2 unspecified atom stereocenters. The Labute approximate surface area is 138 Å². The quantitative estimate of drug-likeness (QED) is 0.336. The maximum Gasteiger partial charge on any atom is 0.138 e. The zero-order chi connectivity index (χ0) is 16.5. The van der Waals surface area contributed by atoms with Gasteiger partial charge in [-0.15, -0.1) is 0 Å². The molecular formula is C19H40NO2+. The Morgan fingerprint density at radius 1 is 0.909 bits per heavy atom. The summed E-state index contributed by atoms with van der Waals surface area (Å²) in [7, 11) is 1.64. The molecule has 0 bridgehead atoms. The molecule has 0 aromatic rings. The van der Waals surface area contributed by atoms with Crippen LogP contribution >= 0.6 is 0 Å². The van der Waals surface area contributed by atoms with Crippen molar-refractivity contribution in [3.8, 4) is 0 Å². The minimum Gasteiger partial charge on any atom is -0.383 e. The first-order valence-corrected chi connectivity index (χ1v) is 9.39. The number of unbranched alkanes of at least 4 members (excludes halogenated alkanes) is 11. The lowest BCUT2D eigenvalue weighted by molar-refractivity contribution is -0.439. The van der Waals surface area contributed by atoms with Crippen molar-refractivity contribution >= 4 is 0 Å². The van der Waals surface area contributed by atoms with Gasteiger partial charge in [-0.3, -0.25) is 0 Å². The fourth-order valence-corrected chi connectivity index (χ4v) is 2.63. The lowest BCUT2D eigenvalue weighted by Crippen LogP contribution is -2.68. The number of ether oxygens (including phenoxy) is 1. The molecule has 3 nitrogen and oxygen atoms in total. The van der Waals surface area contributed by atoms with Gasteiger partial charge in [-0.25, -0.2) is 0 Å². The van der Waals surface area contributed by atoms with Crippen LogP contribution in [0.2, 0.25) is 0 Å². The summed E-state index contributed by atoms with van der Waals surface area (Å²) >= 11 is 0. The first-order chi connectivity index (χ1) is 10.7. The second kappa shape index (κ2) is 17.0. The van der Waals surface area contributed by atoms with Gasteiger partial charge in [-0.2, -0.15) is 0 Å². The van der Waals surface area contributed by atoms with Crippen molar-refractivity contribution in [3.05, 3.63) is 12.2 Å². The predicted octanol–water partition coefficient (Wildman–Crippen LogP) is 3.86. The van der Waals surface area contributed by atoms with Crippen LogP contribution in [0.4, 0.5) is 0 Å². The molecule has 132 valence electrons. The van der Waals surface area contributed by atoms with Crippen molar-refractivity contribution in [2.45, 2.75) is 96.1 Å². The molecular weight excluding hydrogens is 274 g/mol. The van der Waals surface area contributed by atoms with Gasteiger partial charge in [0, 0.05) is 7.11 Å². The van der Waals surface area contributed by atoms with Crippen LogP contribution in [0.15, 0.2) is 12.2 Å². The van der Waals surface area contributed by atoms with Gasteiger partial charge in [0.1, 0.15) is 18.8 Å². The summed E-state index contributed by atoms with van der Waals surface area (Å²) in [6.45, 7) is 2.77. The van der Waals surface area contributed by atoms with Crippen LogP contribution in [-0.2, 0) is 4.74 Å². The second-order valence-corrected chi connectivity index (χ2v) is 6.46. The third-order valence-electron chi connectivity index (χ3n) is 4.17. The van der Waals surface area contributed by atoms with Crippen molar-refractivity contribution < 1.29 is 15.6 Å². The van der Waals surface area contributed by atoms with Crippen LogP contribution in [0.1, 0.15) is 84.0 Å². The van der Waals surface area contributed by atoms with E-state index >= 15 is 0 Å². The summed E-state index contributed by atoms with van der Waals surface area (Å²) in [4.78, 5) is 0. The SMILES string of the molecule is CCCCCCCCCCCCC/C=C/C(O)C([NH3+])COC. The normalized spacial score (nSPS) is 14.5. The molecule has 0 rings (SSSR count). The molecule has 0 saturated carbocycles. The van der Waals surface area contributed by atoms with Crippen molar-refractivity contribution in [1.29, 1.82) is 0 Å². The third kappa shape index (κ3) is 14.6. The van der Waals surface area contributed by atoms with E-state index in [-0.39, 0.29) is 6.04 Å². The molecule has 0 aliphatic rings. The molecule has 0 heterocycles. The van der Waals surface area contributed by atoms with Gasteiger partial charge in [0.2, 0.25) is 0 Å². The predicted molar refractivity (Wildman–Crippen MR) is 94.8 cm³/mol. The number of hydrogen-bond acceptors (Lipinski definition) is 2. The van der Waals surface area contributed by atoms with E-state index in [1.807, 2.05) is 6.08 Å². The van der Waals surface area contributed by atoms with Crippen LogP contribution in [0.5, 0.6) is 0 Å². The van der Waals surface area contributed by atoms with E-state index in [1.54, 1.807) is 7.11 Å². The summed E-state index contributed by atoms with van der Waals surface area (Å²) in [6, 6.07) is -0.0708. The average molecular weight is 315 g/mol. The van der Waals surface area contributed by atoms with Gasteiger partial charge in [-0.1, -0.05) is 83.3 Å². The van der Waals surface area contributed by atoms with Crippen molar-refractivity contribution in [1.82, 2.24) is 0 Å². The van der Waals surface area contributed by atoms with E-state index in [0.29, 0.717) is 6.61 Å². The van der Waals surface area contributed by atoms with Crippen molar-refractivity contribution in [3.63, 3.8) is 0 Å². The second-order valence-electron chi connectivity index (χ2n) is 6.46. The monoisotopic (exact) mass is 314 g/mol. The van der Waals surface area contributed by atoms with E-state index in [1.165, 1.54) is 70.6 Å². The molecule has 0 aliphatic heterocycles. The van der Waals surface area contributed by atoms with Crippen LogP contribution in [0.25, 0.3) is 0 Å². The summed E-state index contributed by atoms with van der Waals surface area (Å²) in [6.07, 6.45) is 19.7. The molecule has 0 spiro atoms. The van der Waals surface area contributed by atoms with E-state index in [4.69, 9.17) is 4.74 Å². The summed E-state index contributed by atoms with van der Waals surface area (Å²) in [5.74, 6) is 0. The Kier molecular flexibility index (Phi) is 16.7. The lowest BCUT2D eigenvalue weighted by atomic mass is 10.0. The zero-order valence-electron chi connectivity index (χ0n) is 15.1. The molecule has 0 amide bonds. The number of allylic oxidation sites excluding steroid dienone is 1. The van der Waals surface area contributed by atoms with Crippen molar-refractivity contribution in [2.24, 2.45) is 0 Å². The standard InChI is InChI=1S/C19H39NO2/c1-3-4-5-6-7-8-9-10-11-12-13-14-15-16-19(21)18(20)17-22-2/h15-16,18-19,21H,3-14,17,20H2,1-2H3/p+1/b16-15+. The maximum atomic E-state index is 9.80. The number of aliphatic hydroxyl groups excluding tert-OH is 1. The largest absolute Gasteiger partial charge is 0.383 e. The Morgan fingerprint density at radius 3 is 1.91 bits per heavy atom. The van der Waals surface area contributed by atoms with Gasteiger partial charge < -0.3 is 15.6 Å². The number of methoxy groups -OCH3 is 1. The van der Waals surface area contributed by atoms with Gasteiger partial charge in [0.05, 0.1) is 0 Å². The summed E-state index contributed by atoms with van der Waals surface area (Å²) in [5, 5.41) is 9.80. The molecule has 4 N–H and O–H groups in total. The molecule has 2 atom stereocenters. The van der Waals surface area contributed by atoms with Crippen LogP contribution in [0, 0.1) is 0 Å². The average Bonchev–Trinajstić information content (AvgIpc) is 2.51. The number of hydrogen-bond donors (Lipinski definition) is 2. The first-order valence-electron chi connectivity index (χ1n) is 9.39. The molecule has 0 aromatic carbocycles. The van der Waals surface area contributed by atoms with Crippen LogP contribution in [0.3, 0.4) is 0 Å². The number of rotatable bonds is 16. The van der Waals surface area contributed by atoms with E-state index < -0.39 is 6.10 Å². The highest BCUT2D eigenvalue weighted by atomic mass is 16.5. The van der Waals surface area contributed by atoms with Gasteiger partial charge in [-0.05, 0) is 12.8 Å². The summed E-state index contributed by atoms with van der Waals surface area (Å²) < 4.78 is 4.99. The fourth-order valence-electron chi connectivity index (χ4n) is 2.63. The maximum absolute atomic E-state index is 9.80. The van der Waals surface area contributed by atoms with Gasteiger partial charge in [0.15, 0.2) is 0 Å². The van der Waals surface area contributed by atoms with E-state index in [2.05, 4.69) is 18.7 Å². The molecule has 0 saturated heterocycles. The van der Waals surface area contributed by atoms with Crippen LogP contribution in [-0.4, -0.2) is 31.0 Å². The lowest BCUT2D eigenvalue weighted by Gasteiger charge is -2.10. The zero-order valence-corrected chi connectivity index (χ0v) is 15.1. The molecule has 0 aliphatic carbocycles. The first kappa shape index (κ1) is 21.6. The highest BCUT2D eigenvalue weighted by Gasteiger charge is 2.13. The van der Waals surface area contributed by atoms with E-state index in [9.17, 15) is 5.11 Å². The van der Waals surface area contributed by atoms with Gasteiger partial charge >= 0.3 is 0 Å². The Bertz CT molecular complexity index is 244. The number of quaternary nitrogens is 1. The minimum atomic E-state index is -0.479.